The summed E-state index contributed by atoms with van der Waals surface area (Å²) in [4.78, 5) is 4.04. The van der Waals surface area contributed by atoms with Crippen molar-refractivity contribution in [2.45, 2.75) is 18.6 Å². The highest BCUT2D eigenvalue weighted by Gasteiger charge is 2.35. The molecule has 0 aliphatic rings. The lowest BCUT2D eigenvalue weighted by atomic mass is 10.1. The van der Waals surface area contributed by atoms with Crippen LogP contribution in [-0.4, -0.2) is 12.0 Å². The van der Waals surface area contributed by atoms with Crippen molar-refractivity contribution in [1.82, 2.24) is 10.3 Å². The summed E-state index contributed by atoms with van der Waals surface area (Å²) < 4.78 is 38.7. The third kappa shape index (κ3) is 3.80. The second-order valence-corrected chi connectivity index (χ2v) is 6.22. The summed E-state index contributed by atoms with van der Waals surface area (Å²) in [5, 5.41) is 2.24. The van der Waals surface area contributed by atoms with Gasteiger partial charge in [-0.1, -0.05) is 28.1 Å². The molecule has 0 aliphatic heterocycles. The van der Waals surface area contributed by atoms with Crippen molar-refractivity contribution >= 4 is 27.3 Å². The molecule has 2 aromatic rings. The fourth-order valence-electron chi connectivity index (χ4n) is 1.78. The van der Waals surface area contributed by atoms with Gasteiger partial charge in [-0.2, -0.15) is 13.2 Å². The topological polar surface area (TPSA) is 24.9 Å². The van der Waals surface area contributed by atoms with Crippen LogP contribution in [0.2, 0.25) is 0 Å². The standard InChI is InChI=1S/C13H12BrF3N2S/c1-18-10(6-8-2-4-9(14)5-3-8)11-7-19-12(20-11)13(15,16)17/h2-5,7,10,18H,6H2,1H3. The predicted molar refractivity (Wildman–Crippen MR) is 76.8 cm³/mol. The van der Waals surface area contributed by atoms with Gasteiger partial charge < -0.3 is 5.32 Å². The van der Waals surface area contributed by atoms with Gasteiger partial charge in [0.25, 0.3) is 0 Å². The Kier molecular flexibility index (Phi) is 4.82. The molecule has 1 N–H and O–H groups in total. The third-order valence-electron chi connectivity index (χ3n) is 2.81. The average Bonchev–Trinajstić information content (AvgIpc) is 2.87. The van der Waals surface area contributed by atoms with E-state index >= 15 is 0 Å². The average molecular weight is 365 g/mol. The summed E-state index contributed by atoms with van der Waals surface area (Å²) in [6.07, 6.45) is -2.46. The highest BCUT2D eigenvalue weighted by atomic mass is 79.9. The van der Waals surface area contributed by atoms with Crippen LogP contribution in [0.25, 0.3) is 0 Å². The van der Waals surface area contributed by atoms with Gasteiger partial charge in [0.05, 0.1) is 0 Å². The van der Waals surface area contributed by atoms with Crippen molar-refractivity contribution in [3.63, 3.8) is 0 Å². The van der Waals surface area contributed by atoms with Gasteiger partial charge >= 0.3 is 6.18 Å². The SMILES string of the molecule is CNC(Cc1ccc(Br)cc1)c1cnc(C(F)(F)F)s1. The largest absolute Gasteiger partial charge is 0.443 e. The molecular weight excluding hydrogens is 353 g/mol. The number of benzene rings is 1. The molecule has 2 nitrogen and oxygen atoms in total. The fraction of sp³-hybridized carbons (Fsp3) is 0.308. The lowest BCUT2D eigenvalue weighted by Gasteiger charge is -2.14. The van der Waals surface area contributed by atoms with Crippen LogP contribution in [-0.2, 0) is 12.6 Å². The third-order valence-corrected chi connectivity index (χ3v) is 4.50. The lowest BCUT2D eigenvalue weighted by molar-refractivity contribution is -0.137. The van der Waals surface area contributed by atoms with E-state index in [9.17, 15) is 13.2 Å². The Morgan fingerprint density at radius 3 is 2.45 bits per heavy atom. The van der Waals surface area contributed by atoms with Gasteiger partial charge in [0, 0.05) is 21.6 Å². The molecule has 1 aromatic heterocycles. The zero-order valence-electron chi connectivity index (χ0n) is 10.5. The van der Waals surface area contributed by atoms with Crippen molar-refractivity contribution in [3.8, 4) is 0 Å². The first-order chi connectivity index (χ1) is 9.40. The maximum atomic E-state index is 12.6. The number of alkyl halides is 3. The van der Waals surface area contributed by atoms with E-state index in [4.69, 9.17) is 0 Å². The smallest absolute Gasteiger partial charge is 0.312 e. The molecule has 7 heteroatoms. The highest BCUT2D eigenvalue weighted by Crippen LogP contribution is 2.35. The van der Waals surface area contributed by atoms with Gasteiger partial charge in [-0.15, -0.1) is 11.3 Å². The summed E-state index contributed by atoms with van der Waals surface area (Å²) in [6, 6.07) is 7.54. The fourth-order valence-corrected chi connectivity index (χ4v) is 2.94. The van der Waals surface area contributed by atoms with Gasteiger partial charge in [0.2, 0.25) is 0 Å². The van der Waals surface area contributed by atoms with Crippen LogP contribution in [0.4, 0.5) is 13.2 Å². The summed E-state index contributed by atoms with van der Waals surface area (Å²) in [5.41, 5.74) is 1.05. The van der Waals surface area contributed by atoms with Gasteiger partial charge in [-0.05, 0) is 31.2 Å². The zero-order valence-corrected chi connectivity index (χ0v) is 12.9. The number of hydrogen-bond acceptors (Lipinski definition) is 3. The molecule has 20 heavy (non-hydrogen) atoms. The van der Waals surface area contributed by atoms with E-state index in [1.807, 2.05) is 24.3 Å². The molecule has 0 saturated carbocycles. The molecule has 1 atom stereocenters. The van der Waals surface area contributed by atoms with Crippen LogP contribution in [0.3, 0.4) is 0 Å². The van der Waals surface area contributed by atoms with Crippen molar-refractivity contribution < 1.29 is 13.2 Å². The molecule has 0 saturated heterocycles. The molecule has 0 radical (unpaired) electrons. The number of aromatic nitrogens is 1. The first-order valence-corrected chi connectivity index (χ1v) is 7.45. The van der Waals surface area contributed by atoms with E-state index in [1.165, 1.54) is 6.20 Å². The number of halogens is 4. The van der Waals surface area contributed by atoms with Crippen LogP contribution in [0.1, 0.15) is 21.5 Å². The second-order valence-electron chi connectivity index (χ2n) is 4.24. The Bertz CT molecular complexity index is 566. The van der Waals surface area contributed by atoms with Crippen LogP contribution >= 0.6 is 27.3 Å². The van der Waals surface area contributed by atoms with Crippen molar-refractivity contribution in [3.05, 3.63) is 50.4 Å². The van der Waals surface area contributed by atoms with Crippen LogP contribution in [0.5, 0.6) is 0 Å². The molecule has 0 spiro atoms. The number of nitrogens with zero attached hydrogens (tertiary/aromatic N) is 1. The quantitative estimate of drug-likeness (QED) is 0.867. The maximum Gasteiger partial charge on any atom is 0.443 e. The van der Waals surface area contributed by atoms with Crippen LogP contribution in [0, 0.1) is 0 Å². The van der Waals surface area contributed by atoms with E-state index in [2.05, 4.69) is 26.2 Å². The van der Waals surface area contributed by atoms with Gasteiger partial charge in [0.1, 0.15) is 0 Å². The number of nitrogens with one attached hydrogen (secondary N) is 1. The van der Waals surface area contributed by atoms with Gasteiger partial charge in [-0.25, -0.2) is 4.98 Å². The zero-order chi connectivity index (χ0) is 14.8. The summed E-state index contributed by atoms with van der Waals surface area (Å²) in [6.45, 7) is 0. The minimum absolute atomic E-state index is 0.176. The van der Waals surface area contributed by atoms with E-state index in [0.29, 0.717) is 22.6 Å². The van der Waals surface area contributed by atoms with E-state index < -0.39 is 11.2 Å². The molecule has 1 unspecified atom stereocenters. The molecule has 0 aliphatic carbocycles. The molecule has 2 rings (SSSR count). The van der Waals surface area contributed by atoms with Gasteiger partial charge in [0.15, 0.2) is 5.01 Å². The molecule has 0 amide bonds. The summed E-state index contributed by atoms with van der Waals surface area (Å²) in [7, 11) is 1.73. The molecule has 1 heterocycles. The lowest BCUT2D eigenvalue weighted by Crippen LogP contribution is -2.17. The minimum Gasteiger partial charge on any atom is -0.312 e. The van der Waals surface area contributed by atoms with E-state index in [1.54, 1.807) is 7.05 Å². The molecule has 1 aromatic carbocycles. The Hall–Kier alpha value is -0.920. The van der Waals surface area contributed by atoms with Crippen molar-refractivity contribution in [2.75, 3.05) is 7.05 Å². The summed E-state index contributed by atoms with van der Waals surface area (Å²) >= 11 is 4.04. The van der Waals surface area contributed by atoms with Crippen LogP contribution in [0.15, 0.2) is 34.9 Å². The first kappa shape index (κ1) is 15.5. The summed E-state index contributed by atoms with van der Waals surface area (Å²) in [5.74, 6) is 0. The Balaban J connectivity index is 2.16. The number of likely N-dealkylation sites (N-methyl/N-ethyl adjacent to an activating group) is 1. The Morgan fingerprint density at radius 1 is 1.30 bits per heavy atom. The molecule has 0 bridgehead atoms. The maximum absolute atomic E-state index is 12.6. The number of thiazole rings is 1. The first-order valence-electron chi connectivity index (χ1n) is 5.85. The van der Waals surface area contributed by atoms with Crippen LogP contribution < -0.4 is 5.32 Å². The van der Waals surface area contributed by atoms with Gasteiger partial charge in [-0.3, -0.25) is 0 Å². The highest BCUT2D eigenvalue weighted by molar-refractivity contribution is 9.10. The van der Waals surface area contributed by atoms with E-state index in [-0.39, 0.29) is 6.04 Å². The predicted octanol–water partition coefficient (Wildman–Crippen LogP) is 4.43. The monoisotopic (exact) mass is 364 g/mol. The normalized spacial score (nSPS) is 13.4. The Morgan fingerprint density at radius 2 is 1.95 bits per heavy atom. The van der Waals surface area contributed by atoms with E-state index in [0.717, 1.165) is 10.0 Å². The molecule has 108 valence electrons. The number of rotatable bonds is 4. The van der Waals surface area contributed by atoms with Crippen molar-refractivity contribution in [1.29, 1.82) is 0 Å². The molecular formula is C13H12BrF3N2S. The second kappa shape index (κ2) is 6.24. The number of hydrogen-bond donors (Lipinski definition) is 1. The minimum atomic E-state index is -4.38. The van der Waals surface area contributed by atoms with Crippen molar-refractivity contribution in [2.24, 2.45) is 0 Å². The Labute approximate surface area is 127 Å². The molecule has 0 fully saturated rings.